The lowest BCUT2D eigenvalue weighted by Gasteiger charge is -2.44. The van der Waals surface area contributed by atoms with Gasteiger partial charge in [-0.3, -0.25) is 14.8 Å². The highest BCUT2D eigenvalue weighted by molar-refractivity contribution is 5.29. The standard InChI is InChI=1S/C23H33N3/c1-3-9-20(10-4-1)23(21-11-5-2-6-12-21)26-17-15-25(16-18-26)19-22-13-7-8-14-24-22/h3,7-10,13-14,21,23H,1-2,4-6,11-12,15-19H2. The van der Waals surface area contributed by atoms with E-state index in [0.717, 1.165) is 25.6 Å². The summed E-state index contributed by atoms with van der Waals surface area (Å²) in [5.41, 5.74) is 2.81. The van der Waals surface area contributed by atoms with Gasteiger partial charge in [0.05, 0.1) is 5.69 Å². The molecule has 1 aliphatic heterocycles. The van der Waals surface area contributed by atoms with E-state index < -0.39 is 0 Å². The van der Waals surface area contributed by atoms with Gasteiger partial charge in [-0.1, -0.05) is 43.6 Å². The molecule has 1 saturated carbocycles. The molecule has 0 radical (unpaired) electrons. The summed E-state index contributed by atoms with van der Waals surface area (Å²) < 4.78 is 0. The van der Waals surface area contributed by atoms with Gasteiger partial charge in [-0.25, -0.2) is 0 Å². The van der Waals surface area contributed by atoms with Gasteiger partial charge in [-0.05, 0) is 49.3 Å². The molecule has 140 valence electrons. The lowest BCUT2D eigenvalue weighted by Crippen LogP contribution is -2.53. The fourth-order valence-electron chi connectivity index (χ4n) is 5.00. The van der Waals surface area contributed by atoms with Gasteiger partial charge in [0.1, 0.15) is 0 Å². The van der Waals surface area contributed by atoms with Crippen molar-refractivity contribution in [1.29, 1.82) is 0 Å². The summed E-state index contributed by atoms with van der Waals surface area (Å²) in [4.78, 5) is 9.87. The second-order valence-corrected chi connectivity index (χ2v) is 8.16. The van der Waals surface area contributed by atoms with Crippen LogP contribution in [0.5, 0.6) is 0 Å². The van der Waals surface area contributed by atoms with Crippen molar-refractivity contribution in [1.82, 2.24) is 14.8 Å². The van der Waals surface area contributed by atoms with E-state index in [4.69, 9.17) is 0 Å². The van der Waals surface area contributed by atoms with E-state index in [2.05, 4.69) is 45.1 Å². The predicted molar refractivity (Wildman–Crippen MR) is 108 cm³/mol. The summed E-state index contributed by atoms with van der Waals surface area (Å²) in [6.07, 6.45) is 18.9. The van der Waals surface area contributed by atoms with E-state index in [9.17, 15) is 0 Å². The highest BCUT2D eigenvalue weighted by Crippen LogP contribution is 2.34. The Kier molecular flexibility index (Phi) is 6.18. The minimum Gasteiger partial charge on any atom is -0.295 e. The number of piperazine rings is 1. The topological polar surface area (TPSA) is 19.4 Å². The molecule has 0 aromatic carbocycles. The summed E-state index contributed by atoms with van der Waals surface area (Å²) in [6, 6.07) is 6.90. The van der Waals surface area contributed by atoms with Crippen LogP contribution in [0.2, 0.25) is 0 Å². The van der Waals surface area contributed by atoms with E-state index in [1.807, 2.05) is 12.3 Å². The maximum absolute atomic E-state index is 4.50. The van der Waals surface area contributed by atoms with Crippen molar-refractivity contribution in [2.24, 2.45) is 5.92 Å². The lowest BCUT2D eigenvalue weighted by molar-refractivity contribution is 0.0717. The molecule has 0 bridgehead atoms. The zero-order valence-electron chi connectivity index (χ0n) is 16.0. The molecule has 0 spiro atoms. The van der Waals surface area contributed by atoms with Gasteiger partial charge in [-0.2, -0.15) is 0 Å². The van der Waals surface area contributed by atoms with Crippen molar-refractivity contribution in [2.75, 3.05) is 26.2 Å². The van der Waals surface area contributed by atoms with Crippen LogP contribution in [0.15, 0.2) is 48.2 Å². The summed E-state index contributed by atoms with van der Waals surface area (Å²) >= 11 is 0. The average molecular weight is 352 g/mol. The molecular formula is C23H33N3. The van der Waals surface area contributed by atoms with Crippen LogP contribution < -0.4 is 0 Å². The van der Waals surface area contributed by atoms with Gasteiger partial charge in [0.25, 0.3) is 0 Å². The fraction of sp³-hybridized carbons (Fsp3) is 0.609. The van der Waals surface area contributed by atoms with E-state index in [-0.39, 0.29) is 0 Å². The number of hydrogen-bond donors (Lipinski definition) is 0. The van der Waals surface area contributed by atoms with Gasteiger partial charge < -0.3 is 0 Å². The molecule has 3 nitrogen and oxygen atoms in total. The van der Waals surface area contributed by atoms with Crippen molar-refractivity contribution in [3.8, 4) is 0 Å². The van der Waals surface area contributed by atoms with Crippen LogP contribution in [0.3, 0.4) is 0 Å². The Hall–Kier alpha value is -1.45. The lowest BCUT2D eigenvalue weighted by atomic mass is 9.79. The Morgan fingerprint density at radius 3 is 2.54 bits per heavy atom. The first-order chi connectivity index (χ1) is 12.9. The van der Waals surface area contributed by atoms with Crippen LogP contribution in [-0.4, -0.2) is 47.0 Å². The first kappa shape index (κ1) is 17.9. The summed E-state index contributed by atoms with van der Waals surface area (Å²) in [5.74, 6) is 0.861. The number of rotatable bonds is 5. The molecule has 1 unspecified atom stereocenters. The molecule has 2 heterocycles. The van der Waals surface area contributed by atoms with Crippen molar-refractivity contribution in [2.45, 2.75) is 57.5 Å². The molecule has 1 atom stereocenters. The predicted octanol–water partition coefficient (Wildman–Crippen LogP) is 4.42. The van der Waals surface area contributed by atoms with Gasteiger partial charge in [0.15, 0.2) is 0 Å². The maximum Gasteiger partial charge on any atom is 0.0543 e. The molecule has 0 amide bonds. The molecule has 1 aromatic rings. The Morgan fingerprint density at radius 2 is 1.85 bits per heavy atom. The van der Waals surface area contributed by atoms with Crippen molar-refractivity contribution >= 4 is 0 Å². The smallest absolute Gasteiger partial charge is 0.0543 e. The quantitative estimate of drug-likeness (QED) is 0.782. The number of nitrogens with zero attached hydrogens (tertiary/aromatic N) is 3. The van der Waals surface area contributed by atoms with E-state index in [1.54, 1.807) is 5.57 Å². The summed E-state index contributed by atoms with van der Waals surface area (Å²) in [7, 11) is 0. The molecule has 1 aromatic heterocycles. The zero-order chi connectivity index (χ0) is 17.6. The van der Waals surface area contributed by atoms with Crippen molar-refractivity contribution in [3.63, 3.8) is 0 Å². The Bertz CT molecular complexity index is 608. The van der Waals surface area contributed by atoms with E-state index >= 15 is 0 Å². The van der Waals surface area contributed by atoms with Gasteiger partial charge in [0.2, 0.25) is 0 Å². The normalized spacial score (nSPS) is 24.4. The average Bonchev–Trinajstić information content (AvgIpc) is 2.72. The minimum atomic E-state index is 0.656. The van der Waals surface area contributed by atoms with Gasteiger partial charge in [0, 0.05) is 45.0 Å². The molecule has 0 N–H and O–H groups in total. The Balaban J connectivity index is 1.40. The molecule has 3 heteroatoms. The van der Waals surface area contributed by atoms with Crippen LogP contribution >= 0.6 is 0 Å². The number of hydrogen-bond acceptors (Lipinski definition) is 3. The molecule has 4 rings (SSSR count). The Labute approximate surface area is 158 Å². The van der Waals surface area contributed by atoms with Crippen LogP contribution in [0.25, 0.3) is 0 Å². The highest BCUT2D eigenvalue weighted by atomic mass is 15.3. The zero-order valence-corrected chi connectivity index (χ0v) is 16.0. The SMILES string of the molecule is C1=CC(C(C2CCCCC2)N2CCN(Cc3ccccn3)CC2)=CCC1. The molecule has 3 aliphatic rings. The number of aromatic nitrogens is 1. The molecule has 2 fully saturated rings. The molecule has 26 heavy (non-hydrogen) atoms. The summed E-state index contributed by atoms with van der Waals surface area (Å²) in [6.45, 7) is 5.71. The van der Waals surface area contributed by atoms with E-state index in [1.165, 1.54) is 63.7 Å². The number of allylic oxidation sites excluding steroid dienone is 2. The number of pyridine rings is 1. The molecular weight excluding hydrogens is 318 g/mol. The van der Waals surface area contributed by atoms with Crippen LogP contribution in [0.1, 0.15) is 50.6 Å². The third kappa shape index (κ3) is 4.44. The van der Waals surface area contributed by atoms with Crippen molar-refractivity contribution in [3.05, 3.63) is 53.9 Å². The largest absolute Gasteiger partial charge is 0.295 e. The third-order valence-electron chi connectivity index (χ3n) is 6.37. The second kappa shape index (κ2) is 8.96. The summed E-state index contributed by atoms with van der Waals surface area (Å²) in [5, 5.41) is 0. The molecule has 1 saturated heterocycles. The first-order valence-electron chi connectivity index (χ1n) is 10.6. The fourth-order valence-corrected chi connectivity index (χ4v) is 5.00. The van der Waals surface area contributed by atoms with Gasteiger partial charge >= 0.3 is 0 Å². The monoisotopic (exact) mass is 351 g/mol. The molecule has 2 aliphatic carbocycles. The van der Waals surface area contributed by atoms with Crippen LogP contribution in [0.4, 0.5) is 0 Å². The maximum atomic E-state index is 4.50. The van der Waals surface area contributed by atoms with Crippen LogP contribution in [-0.2, 0) is 6.54 Å². The second-order valence-electron chi connectivity index (χ2n) is 8.16. The van der Waals surface area contributed by atoms with Gasteiger partial charge in [-0.15, -0.1) is 0 Å². The Morgan fingerprint density at radius 1 is 1.00 bits per heavy atom. The van der Waals surface area contributed by atoms with Crippen LogP contribution in [0, 0.1) is 5.92 Å². The first-order valence-corrected chi connectivity index (χ1v) is 10.6. The van der Waals surface area contributed by atoms with Crippen molar-refractivity contribution < 1.29 is 0 Å². The minimum absolute atomic E-state index is 0.656. The van der Waals surface area contributed by atoms with E-state index in [0.29, 0.717) is 6.04 Å². The highest BCUT2D eigenvalue weighted by Gasteiger charge is 2.32. The third-order valence-corrected chi connectivity index (χ3v) is 6.37.